The lowest BCUT2D eigenvalue weighted by atomic mass is 10.1. The van der Waals surface area contributed by atoms with E-state index in [0.717, 1.165) is 0 Å². The van der Waals surface area contributed by atoms with Gasteiger partial charge in [0.05, 0.1) is 10.8 Å². The highest BCUT2D eigenvalue weighted by molar-refractivity contribution is 7.85. The Morgan fingerprint density at radius 3 is 2.38 bits per heavy atom. The first-order valence-corrected chi connectivity index (χ1v) is 8.24. The quantitative estimate of drug-likeness (QED) is 0.756. The molecule has 0 heterocycles. The van der Waals surface area contributed by atoms with Crippen LogP contribution in [0, 0.1) is 5.92 Å². The molecule has 2 atom stereocenters. The molecular weight excluding hydrogens is 288 g/mol. The lowest BCUT2D eigenvalue weighted by Gasteiger charge is -2.16. The smallest absolute Gasteiger partial charge is 0.240 e. The molecule has 0 aliphatic rings. The van der Waals surface area contributed by atoms with Gasteiger partial charge in [0.2, 0.25) is 11.8 Å². The fourth-order valence-electron chi connectivity index (χ4n) is 1.82. The summed E-state index contributed by atoms with van der Waals surface area (Å²) in [4.78, 5) is 23.8. The first-order valence-electron chi connectivity index (χ1n) is 6.92. The molecule has 0 aliphatic carbocycles. The molecule has 0 aromatic heterocycles. The van der Waals surface area contributed by atoms with E-state index in [1.54, 1.807) is 12.1 Å². The van der Waals surface area contributed by atoms with Gasteiger partial charge in [-0.1, -0.05) is 32.0 Å². The van der Waals surface area contributed by atoms with Gasteiger partial charge in [-0.25, -0.2) is 0 Å². The van der Waals surface area contributed by atoms with Crippen molar-refractivity contribution in [3.63, 3.8) is 0 Å². The number of benzene rings is 1. The molecule has 5 nitrogen and oxygen atoms in total. The second-order valence-electron chi connectivity index (χ2n) is 5.27. The number of carbonyl (C=O) groups is 2. The third-order valence-corrected chi connectivity index (χ3v) is 4.27. The van der Waals surface area contributed by atoms with Crippen molar-refractivity contribution in [1.29, 1.82) is 0 Å². The minimum atomic E-state index is -1.21. The van der Waals surface area contributed by atoms with Crippen LogP contribution in [0.1, 0.15) is 26.7 Å². The number of hydrogen-bond donors (Lipinski definition) is 2. The van der Waals surface area contributed by atoms with E-state index in [-0.39, 0.29) is 24.0 Å². The number of nitrogens with one attached hydrogen (secondary N) is 1. The molecule has 0 aliphatic heterocycles. The summed E-state index contributed by atoms with van der Waals surface area (Å²) in [5.41, 5.74) is 5.29. The fraction of sp³-hybridized carbons (Fsp3) is 0.467. The Hall–Kier alpha value is -1.69. The van der Waals surface area contributed by atoms with E-state index < -0.39 is 22.7 Å². The van der Waals surface area contributed by atoms with Crippen LogP contribution in [0.3, 0.4) is 0 Å². The van der Waals surface area contributed by atoms with Crippen LogP contribution < -0.4 is 11.1 Å². The van der Waals surface area contributed by atoms with Crippen molar-refractivity contribution >= 4 is 22.6 Å². The monoisotopic (exact) mass is 310 g/mol. The first-order chi connectivity index (χ1) is 9.90. The summed E-state index contributed by atoms with van der Waals surface area (Å²) in [6.45, 7) is 3.84. The average molecular weight is 310 g/mol. The van der Waals surface area contributed by atoms with E-state index in [0.29, 0.717) is 11.3 Å². The normalized spacial score (nSPS) is 13.7. The summed E-state index contributed by atoms with van der Waals surface area (Å²) in [6.07, 6.45) is 0.603. The van der Waals surface area contributed by atoms with E-state index in [2.05, 4.69) is 5.32 Å². The zero-order valence-corrected chi connectivity index (χ0v) is 13.2. The molecule has 0 radical (unpaired) electrons. The molecule has 0 unspecified atom stereocenters. The van der Waals surface area contributed by atoms with Gasteiger partial charge in [0.1, 0.15) is 6.04 Å². The van der Waals surface area contributed by atoms with E-state index in [1.165, 1.54) is 0 Å². The summed E-state index contributed by atoms with van der Waals surface area (Å²) in [6, 6.07) is 8.23. The molecule has 0 fully saturated rings. The molecule has 0 spiro atoms. The van der Waals surface area contributed by atoms with Crippen LogP contribution in [-0.4, -0.2) is 27.8 Å². The van der Waals surface area contributed by atoms with E-state index in [4.69, 9.17) is 5.73 Å². The molecule has 1 aromatic rings. The van der Waals surface area contributed by atoms with Gasteiger partial charge in [-0.3, -0.25) is 13.8 Å². The number of nitrogens with two attached hydrogens (primary N) is 1. The molecule has 1 rings (SSSR count). The highest BCUT2D eigenvalue weighted by Crippen LogP contribution is 2.08. The lowest BCUT2D eigenvalue weighted by Crippen LogP contribution is -2.45. The van der Waals surface area contributed by atoms with Gasteiger partial charge in [0, 0.05) is 17.1 Å². The molecule has 21 heavy (non-hydrogen) atoms. The van der Waals surface area contributed by atoms with Gasteiger partial charge in [-0.05, 0) is 24.5 Å². The van der Waals surface area contributed by atoms with Crippen LogP contribution in [0.2, 0.25) is 0 Å². The molecular formula is C15H22N2O3S. The number of primary amides is 1. The Labute approximate surface area is 127 Å². The molecule has 0 saturated heterocycles. The standard InChI is InChI=1S/C15H22N2O3S/c1-11(2)10-14(18)17-13(15(16)19)8-9-21(20)12-6-4-3-5-7-12/h3-7,11,13H,8-10H2,1-2H3,(H2,16,19)(H,17,18)/t13-,21-/m1/s1. The summed E-state index contributed by atoms with van der Waals surface area (Å²) in [5, 5.41) is 2.61. The molecule has 3 N–H and O–H groups in total. The maximum absolute atomic E-state index is 12.1. The molecule has 1 aromatic carbocycles. The van der Waals surface area contributed by atoms with E-state index >= 15 is 0 Å². The van der Waals surface area contributed by atoms with Crippen LogP contribution in [0.25, 0.3) is 0 Å². The zero-order valence-electron chi connectivity index (χ0n) is 12.4. The van der Waals surface area contributed by atoms with Crippen LogP contribution in [-0.2, 0) is 20.4 Å². The molecule has 6 heteroatoms. The van der Waals surface area contributed by atoms with Gasteiger partial charge in [0.25, 0.3) is 0 Å². The van der Waals surface area contributed by atoms with Crippen molar-refractivity contribution in [2.24, 2.45) is 11.7 Å². The van der Waals surface area contributed by atoms with Crippen LogP contribution >= 0.6 is 0 Å². The lowest BCUT2D eigenvalue weighted by molar-refractivity contribution is -0.127. The van der Waals surface area contributed by atoms with Crippen molar-refractivity contribution in [1.82, 2.24) is 5.32 Å². The number of rotatable bonds is 8. The van der Waals surface area contributed by atoms with Crippen molar-refractivity contribution in [3.8, 4) is 0 Å². The Morgan fingerprint density at radius 2 is 1.86 bits per heavy atom. The summed E-state index contributed by atoms with van der Waals surface area (Å²) in [7, 11) is -1.21. The summed E-state index contributed by atoms with van der Waals surface area (Å²) < 4.78 is 12.1. The SMILES string of the molecule is CC(C)CC(=O)N[C@H](CC[S@@](=O)c1ccccc1)C(N)=O. The maximum Gasteiger partial charge on any atom is 0.240 e. The van der Waals surface area contributed by atoms with Gasteiger partial charge in [-0.2, -0.15) is 0 Å². The fourth-order valence-corrected chi connectivity index (χ4v) is 2.97. The third kappa shape index (κ3) is 6.53. The van der Waals surface area contributed by atoms with Gasteiger partial charge in [-0.15, -0.1) is 0 Å². The third-order valence-electron chi connectivity index (χ3n) is 2.87. The van der Waals surface area contributed by atoms with Gasteiger partial charge in [0.15, 0.2) is 0 Å². The van der Waals surface area contributed by atoms with Crippen molar-refractivity contribution in [2.45, 2.75) is 37.6 Å². The van der Waals surface area contributed by atoms with E-state index in [1.807, 2.05) is 32.0 Å². The zero-order chi connectivity index (χ0) is 15.8. The highest BCUT2D eigenvalue weighted by atomic mass is 32.2. The maximum atomic E-state index is 12.1. The van der Waals surface area contributed by atoms with Gasteiger partial charge >= 0.3 is 0 Å². The largest absolute Gasteiger partial charge is 0.368 e. The van der Waals surface area contributed by atoms with Crippen LogP contribution in [0.4, 0.5) is 0 Å². The molecule has 0 bridgehead atoms. The topological polar surface area (TPSA) is 89.3 Å². The van der Waals surface area contributed by atoms with Crippen molar-refractivity contribution in [2.75, 3.05) is 5.75 Å². The Balaban J connectivity index is 2.54. The van der Waals surface area contributed by atoms with E-state index in [9.17, 15) is 13.8 Å². The molecule has 2 amide bonds. The Bertz CT molecular complexity index is 503. The second kappa shape index (κ2) is 8.56. The second-order valence-corrected chi connectivity index (χ2v) is 6.84. The first kappa shape index (κ1) is 17.4. The minimum Gasteiger partial charge on any atom is -0.368 e. The summed E-state index contributed by atoms with van der Waals surface area (Å²) >= 11 is 0. The Morgan fingerprint density at radius 1 is 1.24 bits per heavy atom. The van der Waals surface area contributed by atoms with Crippen molar-refractivity contribution in [3.05, 3.63) is 30.3 Å². The average Bonchev–Trinajstić information content (AvgIpc) is 2.42. The van der Waals surface area contributed by atoms with Crippen LogP contribution in [0.5, 0.6) is 0 Å². The Kier molecular flexibility index (Phi) is 7.08. The van der Waals surface area contributed by atoms with Crippen LogP contribution in [0.15, 0.2) is 35.2 Å². The highest BCUT2D eigenvalue weighted by Gasteiger charge is 2.19. The molecule has 0 saturated carbocycles. The van der Waals surface area contributed by atoms with Crippen molar-refractivity contribution < 1.29 is 13.8 Å². The number of amides is 2. The minimum absolute atomic E-state index is 0.206. The predicted molar refractivity (Wildman–Crippen MR) is 82.9 cm³/mol. The predicted octanol–water partition coefficient (Wildman–Crippen LogP) is 1.20. The number of hydrogen-bond acceptors (Lipinski definition) is 3. The number of carbonyl (C=O) groups excluding carboxylic acids is 2. The molecule has 116 valence electrons. The van der Waals surface area contributed by atoms with Gasteiger partial charge < -0.3 is 11.1 Å². The summed E-state index contributed by atoms with van der Waals surface area (Å²) in [5.74, 6) is -0.326.